The Hall–Kier alpha value is -2.63. The molecular weight excluding hydrogens is 524 g/mol. The number of sulfonamides is 1. The number of carbonyl (C=O) groups is 1. The molecule has 0 spiro atoms. The number of nitrogens with one attached hydrogen (secondary N) is 2. The molecule has 1 atom stereocenters. The minimum atomic E-state index is -3.98. The van der Waals surface area contributed by atoms with Crippen LogP contribution in [0.3, 0.4) is 0 Å². The van der Waals surface area contributed by atoms with Crippen molar-refractivity contribution in [2.75, 3.05) is 48.6 Å². The summed E-state index contributed by atoms with van der Waals surface area (Å²) in [6.45, 7) is 8.22. The van der Waals surface area contributed by atoms with Crippen molar-refractivity contribution in [1.82, 2.24) is 4.90 Å². The van der Waals surface area contributed by atoms with Gasteiger partial charge in [0.05, 0.1) is 37.4 Å². The molecule has 2 aromatic rings. The zero-order chi connectivity index (χ0) is 28.1. The molecule has 0 bridgehead atoms. The molecule has 0 aliphatic carbocycles. The molecule has 38 heavy (non-hydrogen) atoms. The number of likely N-dealkylation sites (tertiary alicyclic amines) is 1. The Kier molecular flexibility index (Phi) is 9.83. The van der Waals surface area contributed by atoms with Crippen LogP contribution in [-0.4, -0.2) is 67.6 Å². The van der Waals surface area contributed by atoms with E-state index in [-0.39, 0.29) is 28.8 Å². The first-order chi connectivity index (χ1) is 17.8. The summed E-state index contributed by atoms with van der Waals surface area (Å²) in [7, 11) is -7.21. The maximum Gasteiger partial charge on any atom is 0.317 e. The molecule has 3 rings (SSSR count). The highest BCUT2D eigenvalue weighted by molar-refractivity contribution is 7.93. The molecule has 0 aromatic heterocycles. The maximum atomic E-state index is 13.8. The molecular formula is C27H40N4O5S2. The van der Waals surface area contributed by atoms with Crippen LogP contribution in [0.15, 0.2) is 52.3 Å². The van der Waals surface area contributed by atoms with Crippen molar-refractivity contribution in [3.63, 3.8) is 0 Å². The van der Waals surface area contributed by atoms with E-state index in [4.69, 9.17) is 9.89 Å². The SMILES string of the molecule is CCc1ccc(N(CC(C)C)S(=O)(=O)c2ccc(NCC3CCN(CC(=O)O)CC3)c(S(C)(=N)=O)c2)cc1. The normalized spacial score (nSPS) is 16.8. The zero-order valence-electron chi connectivity index (χ0n) is 22.6. The van der Waals surface area contributed by atoms with Crippen molar-refractivity contribution < 1.29 is 22.5 Å². The lowest BCUT2D eigenvalue weighted by Crippen LogP contribution is -2.38. The van der Waals surface area contributed by atoms with Gasteiger partial charge in [-0.05, 0) is 80.1 Å². The van der Waals surface area contributed by atoms with Crippen LogP contribution in [-0.2, 0) is 31.0 Å². The van der Waals surface area contributed by atoms with Crippen molar-refractivity contribution in [2.45, 2.75) is 49.8 Å². The van der Waals surface area contributed by atoms with Gasteiger partial charge >= 0.3 is 5.97 Å². The van der Waals surface area contributed by atoms with Gasteiger partial charge in [0.2, 0.25) is 0 Å². The molecule has 9 nitrogen and oxygen atoms in total. The lowest BCUT2D eigenvalue weighted by Gasteiger charge is -2.31. The van der Waals surface area contributed by atoms with Crippen molar-refractivity contribution in [2.24, 2.45) is 11.8 Å². The second kappa shape index (κ2) is 12.5. The molecule has 0 saturated carbocycles. The number of hydrogen-bond acceptors (Lipinski definition) is 7. The number of carboxylic acid groups (broad SMARTS) is 1. The molecule has 0 amide bonds. The molecule has 1 unspecified atom stereocenters. The van der Waals surface area contributed by atoms with Crippen LogP contribution in [0.2, 0.25) is 0 Å². The number of benzene rings is 2. The smallest absolute Gasteiger partial charge is 0.317 e. The third-order valence-electron chi connectivity index (χ3n) is 6.77. The van der Waals surface area contributed by atoms with Gasteiger partial charge in [-0.15, -0.1) is 0 Å². The number of piperidine rings is 1. The Morgan fingerprint density at radius 3 is 2.29 bits per heavy atom. The minimum Gasteiger partial charge on any atom is -0.480 e. The standard InChI is InChI=1S/C27H40N4O5S2/c1-5-21-6-8-23(9-7-21)31(18-20(2)3)38(35,36)24-10-11-25(26(16-24)37(4,28)34)29-17-22-12-14-30(15-13-22)19-27(32)33/h6-11,16,20,22,28-29H,5,12-15,17-19H2,1-4H3,(H,32,33). The fourth-order valence-electron chi connectivity index (χ4n) is 4.62. The fraction of sp³-hybridized carbons (Fsp3) is 0.519. The molecule has 1 aliphatic rings. The number of hydrogen-bond donors (Lipinski definition) is 3. The first-order valence-corrected chi connectivity index (χ1v) is 16.4. The topological polar surface area (TPSA) is 131 Å². The van der Waals surface area contributed by atoms with Crippen LogP contribution in [0, 0.1) is 16.6 Å². The van der Waals surface area contributed by atoms with Crippen LogP contribution in [0.4, 0.5) is 11.4 Å². The van der Waals surface area contributed by atoms with Crippen LogP contribution in [0.25, 0.3) is 0 Å². The predicted molar refractivity (Wildman–Crippen MR) is 152 cm³/mol. The van der Waals surface area contributed by atoms with E-state index in [0.29, 0.717) is 36.9 Å². The molecule has 1 heterocycles. The minimum absolute atomic E-state index is 0.00192. The number of carboxylic acids is 1. The monoisotopic (exact) mass is 564 g/mol. The molecule has 3 N–H and O–H groups in total. The summed E-state index contributed by atoms with van der Waals surface area (Å²) in [5.41, 5.74) is 2.17. The van der Waals surface area contributed by atoms with Crippen molar-refractivity contribution in [1.29, 1.82) is 4.78 Å². The van der Waals surface area contributed by atoms with Gasteiger partial charge in [-0.2, -0.15) is 0 Å². The summed E-state index contributed by atoms with van der Waals surface area (Å²) < 4.78 is 50.3. The Balaban J connectivity index is 1.86. The van der Waals surface area contributed by atoms with Crippen LogP contribution in [0.5, 0.6) is 0 Å². The average Bonchev–Trinajstić information content (AvgIpc) is 2.86. The second-order valence-corrected chi connectivity index (χ2v) is 14.4. The van der Waals surface area contributed by atoms with E-state index >= 15 is 0 Å². The molecule has 210 valence electrons. The van der Waals surface area contributed by atoms with E-state index < -0.39 is 25.7 Å². The summed E-state index contributed by atoms with van der Waals surface area (Å²) >= 11 is 0. The predicted octanol–water partition coefficient (Wildman–Crippen LogP) is 4.34. The van der Waals surface area contributed by atoms with E-state index in [1.165, 1.54) is 22.7 Å². The lowest BCUT2D eigenvalue weighted by molar-refractivity contribution is -0.138. The van der Waals surface area contributed by atoms with Crippen molar-refractivity contribution in [3.8, 4) is 0 Å². The van der Waals surface area contributed by atoms with E-state index in [2.05, 4.69) is 5.32 Å². The lowest BCUT2D eigenvalue weighted by atomic mass is 9.96. The van der Waals surface area contributed by atoms with Gasteiger partial charge in [0, 0.05) is 19.3 Å². The van der Waals surface area contributed by atoms with Gasteiger partial charge in [-0.3, -0.25) is 14.0 Å². The number of nitrogens with zero attached hydrogens (tertiary/aromatic N) is 2. The second-order valence-electron chi connectivity index (χ2n) is 10.4. The first-order valence-electron chi connectivity index (χ1n) is 13.0. The summed E-state index contributed by atoms with van der Waals surface area (Å²) in [6, 6.07) is 11.9. The molecule has 1 aliphatic heterocycles. The first kappa shape index (κ1) is 29.9. The number of rotatable bonds is 12. The van der Waals surface area contributed by atoms with Gasteiger partial charge in [0.15, 0.2) is 0 Å². The third kappa shape index (κ3) is 7.70. The van der Waals surface area contributed by atoms with Crippen LogP contribution < -0.4 is 9.62 Å². The molecule has 1 fully saturated rings. The van der Waals surface area contributed by atoms with E-state index in [1.807, 2.05) is 49.9 Å². The van der Waals surface area contributed by atoms with Gasteiger partial charge in [0.25, 0.3) is 10.0 Å². The summed E-state index contributed by atoms with van der Waals surface area (Å²) in [4.78, 5) is 13.0. The highest BCUT2D eigenvalue weighted by Gasteiger charge is 2.28. The molecule has 11 heteroatoms. The number of aliphatic carboxylic acids is 1. The van der Waals surface area contributed by atoms with Gasteiger partial charge in [0.1, 0.15) is 0 Å². The fourth-order valence-corrected chi connectivity index (χ4v) is 7.27. The summed E-state index contributed by atoms with van der Waals surface area (Å²) in [5.74, 6) is -0.466. The Bertz CT molecular complexity index is 1320. The highest BCUT2D eigenvalue weighted by atomic mass is 32.2. The Morgan fingerprint density at radius 1 is 1.13 bits per heavy atom. The van der Waals surface area contributed by atoms with Crippen molar-refractivity contribution >= 4 is 37.1 Å². The molecule has 2 aromatic carbocycles. The van der Waals surface area contributed by atoms with Crippen LogP contribution in [0.1, 0.15) is 39.2 Å². The van der Waals surface area contributed by atoms with E-state index in [0.717, 1.165) is 24.8 Å². The average molecular weight is 565 g/mol. The Labute approximate surface area is 227 Å². The third-order valence-corrected chi connectivity index (χ3v) is 9.74. The van der Waals surface area contributed by atoms with Gasteiger partial charge in [-0.1, -0.05) is 32.9 Å². The molecule has 0 radical (unpaired) electrons. The van der Waals surface area contributed by atoms with Crippen molar-refractivity contribution in [3.05, 3.63) is 48.0 Å². The zero-order valence-corrected chi connectivity index (χ0v) is 24.3. The van der Waals surface area contributed by atoms with Gasteiger partial charge in [-0.25, -0.2) is 17.4 Å². The molecule has 1 saturated heterocycles. The van der Waals surface area contributed by atoms with Gasteiger partial charge < -0.3 is 10.4 Å². The van der Waals surface area contributed by atoms with E-state index in [9.17, 15) is 17.4 Å². The number of anilines is 2. The quantitative estimate of drug-likeness (QED) is 0.349. The summed E-state index contributed by atoms with van der Waals surface area (Å²) in [6.07, 6.45) is 3.80. The van der Waals surface area contributed by atoms with Crippen LogP contribution >= 0.6 is 0 Å². The highest BCUT2D eigenvalue weighted by Crippen LogP contribution is 2.31. The maximum absolute atomic E-state index is 13.8. The number of aryl methyl sites for hydroxylation is 1. The summed E-state index contributed by atoms with van der Waals surface area (Å²) in [5, 5.41) is 12.3. The van der Waals surface area contributed by atoms with E-state index in [1.54, 1.807) is 6.07 Å². The Morgan fingerprint density at radius 2 is 1.76 bits per heavy atom. The largest absolute Gasteiger partial charge is 0.480 e.